The van der Waals surface area contributed by atoms with Gasteiger partial charge in [0.25, 0.3) is 0 Å². The largest absolute Gasteiger partial charge is 0.384 e. The molecule has 2 N–H and O–H groups in total. The minimum atomic E-state index is -0.492. The van der Waals surface area contributed by atoms with Crippen molar-refractivity contribution in [2.45, 2.75) is 31.2 Å². The Labute approximate surface area is 103 Å². The van der Waals surface area contributed by atoms with Crippen LogP contribution in [0.2, 0.25) is 0 Å². The molecule has 16 heavy (non-hydrogen) atoms. The minimum Gasteiger partial charge on any atom is -0.384 e. The zero-order chi connectivity index (χ0) is 10.9. The number of rotatable bonds is 3. The summed E-state index contributed by atoms with van der Waals surface area (Å²) in [7, 11) is 1.73. The van der Waals surface area contributed by atoms with E-state index >= 15 is 0 Å². The van der Waals surface area contributed by atoms with Crippen LogP contribution >= 0.6 is 12.4 Å². The Morgan fingerprint density at radius 1 is 1.44 bits per heavy atom. The summed E-state index contributed by atoms with van der Waals surface area (Å²) in [5, 5.41) is 0. The summed E-state index contributed by atoms with van der Waals surface area (Å²) in [4.78, 5) is 13.8. The summed E-state index contributed by atoms with van der Waals surface area (Å²) < 4.78 is 5.13. The third-order valence-electron chi connectivity index (χ3n) is 3.52. The molecular weight excluding hydrogens is 228 g/mol. The van der Waals surface area contributed by atoms with Crippen molar-refractivity contribution >= 4 is 18.3 Å². The molecule has 94 valence electrons. The first-order valence-corrected chi connectivity index (χ1v) is 5.73. The minimum absolute atomic E-state index is 0. The van der Waals surface area contributed by atoms with Crippen LogP contribution in [0.25, 0.3) is 0 Å². The van der Waals surface area contributed by atoms with Gasteiger partial charge in [0.1, 0.15) is 0 Å². The van der Waals surface area contributed by atoms with Crippen LogP contribution in [0.5, 0.6) is 0 Å². The number of ether oxygens (including phenoxy) is 1. The number of methoxy groups -OCH3 is 1. The van der Waals surface area contributed by atoms with Gasteiger partial charge in [-0.1, -0.05) is 0 Å². The second-order valence-corrected chi connectivity index (χ2v) is 4.85. The molecule has 0 atom stereocenters. The predicted octanol–water partition coefficient (Wildman–Crippen LogP) is 0.784. The number of halogens is 1. The van der Waals surface area contributed by atoms with Gasteiger partial charge in [0.2, 0.25) is 5.91 Å². The number of piperidine rings is 1. The highest BCUT2D eigenvalue weighted by Crippen LogP contribution is 2.35. The molecule has 0 radical (unpaired) electrons. The molecule has 0 aromatic carbocycles. The number of likely N-dealkylation sites (tertiary alicyclic amines) is 1. The van der Waals surface area contributed by atoms with Crippen molar-refractivity contribution in [3.8, 4) is 0 Å². The van der Waals surface area contributed by atoms with Gasteiger partial charge < -0.3 is 15.4 Å². The second-order valence-electron chi connectivity index (χ2n) is 4.85. The standard InChI is InChI=1S/C11H20N2O2.ClH/c1-15-8-9-2-6-13(7-3-9)10(14)11(12)4-5-11;/h9H,2-8,12H2,1H3;1H. The molecule has 0 unspecified atom stereocenters. The van der Waals surface area contributed by atoms with Gasteiger partial charge in [0.15, 0.2) is 0 Å². The average molecular weight is 249 g/mol. The molecule has 0 bridgehead atoms. The Kier molecular flexibility index (Phi) is 4.59. The van der Waals surface area contributed by atoms with Gasteiger partial charge in [-0.2, -0.15) is 0 Å². The van der Waals surface area contributed by atoms with Gasteiger partial charge in [-0.25, -0.2) is 0 Å². The molecule has 4 nitrogen and oxygen atoms in total. The van der Waals surface area contributed by atoms with Crippen LogP contribution in [0.4, 0.5) is 0 Å². The highest BCUT2D eigenvalue weighted by molar-refractivity contribution is 5.89. The fourth-order valence-corrected chi connectivity index (χ4v) is 2.20. The molecule has 2 fully saturated rings. The molecule has 1 heterocycles. The zero-order valence-electron chi connectivity index (χ0n) is 9.78. The number of nitrogens with two attached hydrogens (primary N) is 1. The molecule has 1 aliphatic heterocycles. The zero-order valence-corrected chi connectivity index (χ0v) is 10.6. The Hall–Kier alpha value is -0.320. The third kappa shape index (κ3) is 2.87. The van der Waals surface area contributed by atoms with Crippen LogP contribution in [0, 0.1) is 5.92 Å². The smallest absolute Gasteiger partial charge is 0.242 e. The van der Waals surface area contributed by atoms with Gasteiger partial charge >= 0.3 is 0 Å². The van der Waals surface area contributed by atoms with E-state index in [9.17, 15) is 4.79 Å². The van der Waals surface area contributed by atoms with E-state index in [1.165, 1.54) is 0 Å². The van der Waals surface area contributed by atoms with E-state index in [-0.39, 0.29) is 18.3 Å². The topological polar surface area (TPSA) is 55.6 Å². The van der Waals surface area contributed by atoms with Crippen LogP contribution in [-0.4, -0.2) is 43.2 Å². The fourth-order valence-electron chi connectivity index (χ4n) is 2.20. The summed E-state index contributed by atoms with van der Waals surface area (Å²) in [5.74, 6) is 0.783. The Morgan fingerprint density at radius 2 is 2.00 bits per heavy atom. The van der Waals surface area contributed by atoms with E-state index in [2.05, 4.69) is 0 Å². The first-order chi connectivity index (χ1) is 7.15. The van der Waals surface area contributed by atoms with Crippen LogP contribution < -0.4 is 5.73 Å². The number of hydrogen-bond acceptors (Lipinski definition) is 3. The maximum atomic E-state index is 11.9. The SMILES string of the molecule is COCC1CCN(C(=O)C2(N)CC2)CC1.Cl. The van der Waals surface area contributed by atoms with Crippen LogP contribution in [0.15, 0.2) is 0 Å². The molecule has 1 aliphatic carbocycles. The van der Waals surface area contributed by atoms with Gasteiger partial charge in [0, 0.05) is 26.8 Å². The molecule has 0 aromatic rings. The maximum Gasteiger partial charge on any atom is 0.242 e. The van der Waals surface area contributed by atoms with E-state index in [1.807, 2.05) is 4.90 Å². The van der Waals surface area contributed by atoms with Crippen molar-refractivity contribution in [1.82, 2.24) is 4.90 Å². The Morgan fingerprint density at radius 3 is 2.44 bits per heavy atom. The Bertz CT molecular complexity index is 248. The first kappa shape index (κ1) is 13.7. The van der Waals surface area contributed by atoms with E-state index in [0.717, 1.165) is 45.4 Å². The molecule has 0 spiro atoms. The van der Waals surface area contributed by atoms with Gasteiger partial charge in [-0.15, -0.1) is 12.4 Å². The second kappa shape index (κ2) is 5.34. The lowest BCUT2D eigenvalue weighted by Gasteiger charge is -2.33. The number of carbonyl (C=O) groups is 1. The molecule has 0 aromatic heterocycles. The van der Waals surface area contributed by atoms with E-state index in [0.29, 0.717) is 5.92 Å². The van der Waals surface area contributed by atoms with E-state index in [1.54, 1.807) is 7.11 Å². The monoisotopic (exact) mass is 248 g/mol. The normalized spacial score (nSPS) is 23.8. The van der Waals surface area contributed by atoms with Gasteiger partial charge in [0.05, 0.1) is 5.54 Å². The number of nitrogens with zero attached hydrogens (tertiary/aromatic N) is 1. The lowest BCUT2D eigenvalue weighted by molar-refractivity contribution is -0.135. The van der Waals surface area contributed by atoms with Gasteiger partial charge in [-0.3, -0.25) is 4.79 Å². The summed E-state index contributed by atoms with van der Waals surface area (Å²) in [5.41, 5.74) is 5.41. The molecule has 1 saturated carbocycles. The van der Waals surface area contributed by atoms with E-state index in [4.69, 9.17) is 10.5 Å². The van der Waals surface area contributed by atoms with Crippen molar-refractivity contribution in [3.63, 3.8) is 0 Å². The molecule has 1 amide bonds. The van der Waals surface area contributed by atoms with Crippen LogP contribution in [0.1, 0.15) is 25.7 Å². The lowest BCUT2D eigenvalue weighted by Crippen LogP contribution is -2.49. The van der Waals surface area contributed by atoms with Crippen molar-refractivity contribution in [2.24, 2.45) is 11.7 Å². The molecule has 1 saturated heterocycles. The van der Waals surface area contributed by atoms with Crippen molar-refractivity contribution in [1.29, 1.82) is 0 Å². The summed E-state index contributed by atoms with van der Waals surface area (Å²) in [6.07, 6.45) is 3.83. The highest BCUT2D eigenvalue weighted by Gasteiger charge is 2.48. The van der Waals surface area contributed by atoms with E-state index < -0.39 is 5.54 Å². The van der Waals surface area contributed by atoms with Crippen LogP contribution in [0.3, 0.4) is 0 Å². The number of amides is 1. The molecular formula is C11H21ClN2O2. The summed E-state index contributed by atoms with van der Waals surface area (Å²) in [6.45, 7) is 2.52. The van der Waals surface area contributed by atoms with Crippen LogP contribution in [-0.2, 0) is 9.53 Å². The Balaban J connectivity index is 0.00000128. The van der Waals surface area contributed by atoms with Gasteiger partial charge in [-0.05, 0) is 31.6 Å². The molecule has 2 aliphatic rings. The predicted molar refractivity (Wildman–Crippen MR) is 64.6 cm³/mol. The maximum absolute atomic E-state index is 11.9. The molecule has 5 heteroatoms. The number of hydrogen-bond donors (Lipinski definition) is 1. The summed E-state index contributed by atoms with van der Waals surface area (Å²) in [6, 6.07) is 0. The fraction of sp³-hybridized carbons (Fsp3) is 0.909. The van der Waals surface area contributed by atoms with Crippen molar-refractivity contribution in [3.05, 3.63) is 0 Å². The summed E-state index contributed by atoms with van der Waals surface area (Å²) >= 11 is 0. The third-order valence-corrected chi connectivity index (χ3v) is 3.52. The number of carbonyl (C=O) groups excluding carboxylic acids is 1. The highest BCUT2D eigenvalue weighted by atomic mass is 35.5. The average Bonchev–Trinajstić information content (AvgIpc) is 2.99. The van der Waals surface area contributed by atoms with Crippen molar-refractivity contribution < 1.29 is 9.53 Å². The lowest BCUT2D eigenvalue weighted by atomic mass is 9.97. The quantitative estimate of drug-likeness (QED) is 0.803. The molecule has 2 rings (SSSR count). The van der Waals surface area contributed by atoms with Crippen molar-refractivity contribution in [2.75, 3.05) is 26.8 Å². The first-order valence-electron chi connectivity index (χ1n) is 5.73.